The van der Waals surface area contributed by atoms with Crippen LogP contribution in [0, 0.1) is 0 Å². The van der Waals surface area contributed by atoms with Gasteiger partial charge in [-0.15, -0.1) is 18.3 Å². The van der Waals surface area contributed by atoms with Gasteiger partial charge in [-0.1, -0.05) is 12.1 Å². The summed E-state index contributed by atoms with van der Waals surface area (Å²) >= 11 is 1.46. The van der Waals surface area contributed by atoms with Crippen molar-refractivity contribution in [3.8, 4) is 0 Å². The van der Waals surface area contributed by atoms with Gasteiger partial charge in [0.15, 0.2) is 0 Å². The van der Waals surface area contributed by atoms with Gasteiger partial charge in [-0.3, -0.25) is 4.31 Å². The number of nitrogens with zero attached hydrogens (tertiary/aromatic N) is 1. The number of hydrogen-bond donors (Lipinski definition) is 0. The molecular weight excluding hydrogens is 371 g/mol. The first kappa shape index (κ1) is 19.4. The molecule has 0 N–H and O–H groups in total. The number of rotatable bonds is 6. The quantitative estimate of drug-likeness (QED) is 0.527. The van der Waals surface area contributed by atoms with Crippen LogP contribution in [0.4, 0.5) is 18.9 Å². The van der Waals surface area contributed by atoms with Crippen LogP contribution in [0.15, 0.2) is 71.0 Å². The summed E-state index contributed by atoms with van der Waals surface area (Å²) in [6, 6.07) is 10.4. The van der Waals surface area contributed by atoms with E-state index in [1.165, 1.54) is 42.1 Å². The molecular formula is C17H16F3NO2S2. The zero-order chi connectivity index (χ0) is 18.7. The molecule has 0 saturated heterocycles. The van der Waals surface area contributed by atoms with E-state index in [0.717, 1.165) is 21.3 Å². The fourth-order valence-corrected chi connectivity index (χ4v) is 4.01. The maximum Gasteiger partial charge on any atom is 0.416 e. The number of benzene rings is 2. The summed E-state index contributed by atoms with van der Waals surface area (Å²) in [6.07, 6.45) is -1.37. The van der Waals surface area contributed by atoms with Gasteiger partial charge in [0.05, 0.1) is 22.7 Å². The van der Waals surface area contributed by atoms with Gasteiger partial charge in [-0.25, -0.2) is 8.42 Å². The van der Waals surface area contributed by atoms with E-state index in [4.69, 9.17) is 0 Å². The largest absolute Gasteiger partial charge is 0.416 e. The van der Waals surface area contributed by atoms with Crippen molar-refractivity contribution in [2.75, 3.05) is 17.1 Å². The van der Waals surface area contributed by atoms with Crippen molar-refractivity contribution in [1.29, 1.82) is 0 Å². The standard InChI is InChI=1S/C17H16F3NO2S2/c1-3-11-21(14-6-4-5-13(12-14)17(18,19)20)25(22,23)16-9-7-15(24-2)8-10-16/h3-10,12H,1,11H2,2H3. The molecule has 0 amide bonds. The van der Waals surface area contributed by atoms with Crippen LogP contribution in [0.2, 0.25) is 0 Å². The predicted molar refractivity (Wildman–Crippen MR) is 94.4 cm³/mol. The zero-order valence-corrected chi connectivity index (χ0v) is 15.0. The maximum absolute atomic E-state index is 12.9. The van der Waals surface area contributed by atoms with Crippen molar-refractivity contribution in [3.05, 3.63) is 66.7 Å². The van der Waals surface area contributed by atoms with Gasteiger partial charge in [0.2, 0.25) is 0 Å². The van der Waals surface area contributed by atoms with Crippen LogP contribution < -0.4 is 4.31 Å². The second kappa shape index (κ2) is 7.53. The molecule has 0 fully saturated rings. The molecule has 2 aromatic carbocycles. The molecule has 0 heterocycles. The Balaban J connectivity index is 2.51. The maximum atomic E-state index is 12.9. The van der Waals surface area contributed by atoms with Gasteiger partial charge in [-0.05, 0) is 48.7 Å². The number of sulfonamides is 1. The van der Waals surface area contributed by atoms with Crippen LogP contribution >= 0.6 is 11.8 Å². The lowest BCUT2D eigenvalue weighted by atomic mass is 10.2. The van der Waals surface area contributed by atoms with Crippen LogP contribution in [-0.4, -0.2) is 21.2 Å². The first-order valence-electron chi connectivity index (χ1n) is 7.15. The first-order chi connectivity index (χ1) is 11.7. The van der Waals surface area contributed by atoms with Gasteiger partial charge in [0.25, 0.3) is 10.0 Å². The highest BCUT2D eigenvalue weighted by atomic mass is 32.2. The van der Waals surface area contributed by atoms with E-state index in [0.29, 0.717) is 0 Å². The molecule has 0 radical (unpaired) electrons. The molecule has 0 unspecified atom stereocenters. The molecule has 8 heteroatoms. The van der Waals surface area contributed by atoms with Gasteiger partial charge < -0.3 is 0 Å². The molecule has 2 rings (SSSR count). The van der Waals surface area contributed by atoms with E-state index < -0.39 is 21.8 Å². The Kier molecular flexibility index (Phi) is 5.84. The van der Waals surface area contributed by atoms with E-state index in [2.05, 4.69) is 6.58 Å². The number of thioether (sulfide) groups is 1. The van der Waals surface area contributed by atoms with E-state index in [9.17, 15) is 21.6 Å². The van der Waals surface area contributed by atoms with Crippen molar-refractivity contribution in [2.45, 2.75) is 16.0 Å². The van der Waals surface area contributed by atoms with Crippen LogP contribution in [0.5, 0.6) is 0 Å². The van der Waals surface area contributed by atoms with Crippen molar-refractivity contribution < 1.29 is 21.6 Å². The van der Waals surface area contributed by atoms with Gasteiger partial charge in [-0.2, -0.15) is 13.2 Å². The summed E-state index contributed by atoms with van der Waals surface area (Å²) < 4.78 is 65.4. The van der Waals surface area contributed by atoms with E-state index in [1.54, 1.807) is 12.1 Å². The number of alkyl halides is 3. The van der Waals surface area contributed by atoms with E-state index >= 15 is 0 Å². The van der Waals surface area contributed by atoms with Crippen molar-refractivity contribution in [2.24, 2.45) is 0 Å². The third kappa shape index (κ3) is 4.38. The minimum atomic E-state index is -4.56. The summed E-state index contributed by atoms with van der Waals surface area (Å²) in [5, 5.41) is 0. The van der Waals surface area contributed by atoms with Crippen molar-refractivity contribution >= 4 is 27.5 Å². The van der Waals surface area contributed by atoms with Gasteiger partial charge in [0.1, 0.15) is 0 Å². The lowest BCUT2D eigenvalue weighted by Gasteiger charge is -2.24. The van der Waals surface area contributed by atoms with Crippen molar-refractivity contribution in [3.63, 3.8) is 0 Å². The molecule has 0 saturated carbocycles. The second-order valence-corrected chi connectivity index (χ2v) is 7.79. The summed E-state index contributed by atoms with van der Waals surface area (Å²) in [7, 11) is -4.02. The van der Waals surface area contributed by atoms with Crippen LogP contribution in [0.3, 0.4) is 0 Å². The first-order valence-corrected chi connectivity index (χ1v) is 9.81. The van der Waals surface area contributed by atoms with Gasteiger partial charge >= 0.3 is 6.18 Å². The summed E-state index contributed by atoms with van der Waals surface area (Å²) in [4.78, 5) is 0.887. The SMILES string of the molecule is C=CCN(c1cccc(C(F)(F)F)c1)S(=O)(=O)c1ccc(SC)cc1. The normalized spacial score (nSPS) is 12.0. The van der Waals surface area contributed by atoms with Gasteiger partial charge in [0, 0.05) is 4.90 Å². The molecule has 0 aliphatic carbocycles. The molecule has 0 aromatic heterocycles. The second-order valence-electron chi connectivity index (χ2n) is 5.05. The minimum absolute atomic E-state index is 0.00422. The highest BCUT2D eigenvalue weighted by molar-refractivity contribution is 7.98. The molecule has 0 spiro atoms. The monoisotopic (exact) mass is 387 g/mol. The number of anilines is 1. The fraction of sp³-hybridized carbons (Fsp3) is 0.176. The molecule has 0 aliphatic heterocycles. The Labute approximate surface area is 149 Å². The predicted octanol–water partition coefficient (Wildman–Crippen LogP) is 4.81. The minimum Gasteiger partial charge on any atom is -0.263 e. The number of hydrogen-bond acceptors (Lipinski definition) is 3. The Morgan fingerprint density at radius 3 is 2.32 bits per heavy atom. The smallest absolute Gasteiger partial charge is 0.263 e. The summed E-state index contributed by atoms with van der Waals surface area (Å²) in [5.41, 5.74) is -0.976. The Bertz CT molecular complexity index is 847. The molecule has 2 aromatic rings. The summed E-state index contributed by atoms with van der Waals surface area (Å²) in [5.74, 6) is 0. The fourth-order valence-electron chi connectivity index (χ4n) is 2.17. The lowest BCUT2D eigenvalue weighted by Crippen LogP contribution is -2.31. The van der Waals surface area contributed by atoms with E-state index in [-0.39, 0.29) is 17.1 Å². The highest BCUT2D eigenvalue weighted by Crippen LogP contribution is 2.33. The average molecular weight is 387 g/mol. The Morgan fingerprint density at radius 2 is 1.80 bits per heavy atom. The topological polar surface area (TPSA) is 37.4 Å². The summed E-state index contributed by atoms with van der Waals surface area (Å²) in [6.45, 7) is 3.36. The average Bonchev–Trinajstić information content (AvgIpc) is 2.59. The molecule has 0 aliphatic rings. The van der Waals surface area contributed by atoms with E-state index in [1.807, 2.05) is 6.26 Å². The Morgan fingerprint density at radius 1 is 1.16 bits per heavy atom. The molecule has 0 atom stereocenters. The molecule has 3 nitrogen and oxygen atoms in total. The molecule has 0 bridgehead atoms. The third-order valence-corrected chi connectivity index (χ3v) is 5.96. The molecule has 134 valence electrons. The third-order valence-electron chi connectivity index (χ3n) is 3.40. The highest BCUT2D eigenvalue weighted by Gasteiger charge is 2.32. The van der Waals surface area contributed by atoms with Crippen LogP contribution in [-0.2, 0) is 16.2 Å². The lowest BCUT2D eigenvalue weighted by molar-refractivity contribution is -0.137. The van der Waals surface area contributed by atoms with Crippen molar-refractivity contribution in [1.82, 2.24) is 0 Å². The van der Waals surface area contributed by atoms with Crippen LogP contribution in [0.1, 0.15) is 5.56 Å². The Hall–Kier alpha value is -1.93. The number of halogens is 3. The zero-order valence-electron chi connectivity index (χ0n) is 13.3. The molecule has 25 heavy (non-hydrogen) atoms. The van der Waals surface area contributed by atoms with Crippen LogP contribution in [0.25, 0.3) is 0 Å².